The molecule has 0 amide bonds. The molecule has 1 unspecified atom stereocenters. The highest BCUT2D eigenvalue weighted by Gasteiger charge is 2.11. The average Bonchev–Trinajstić information content (AvgIpc) is 2.75. The molecule has 5 heteroatoms. The molecule has 0 radical (unpaired) electrons. The van der Waals surface area contributed by atoms with Crippen LogP contribution in [-0.4, -0.2) is 21.5 Å². The third-order valence-corrected chi connectivity index (χ3v) is 3.31. The summed E-state index contributed by atoms with van der Waals surface area (Å²) in [5.41, 5.74) is 3.09. The van der Waals surface area contributed by atoms with Gasteiger partial charge in [-0.15, -0.1) is 5.10 Å². The fourth-order valence-corrected chi connectivity index (χ4v) is 2.35. The van der Waals surface area contributed by atoms with Crippen LogP contribution in [-0.2, 0) is 7.05 Å². The van der Waals surface area contributed by atoms with Crippen molar-refractivity contribution in [2.45, 2.75) is 19.9 Å². The first kappa shape index (κ1) is 13.1. The highest BCUT2D eigenvalue weighted by Crippen LogP contribution is 2.28. The molecule has 0 fully saturated rings. The van der Waals surface area contributed by atoms with Crippen molar-refractivity contribution in [3.8, 4) is 11.3 Å². The average molecular weight is 265 g/mol. The van der Waals surface area contributed by atoms with Gasteiger partial charge in [-0.05, 0) is 25.1 Å². The Morgan fingerprint density at radius 3 is 2.78 bits per heavy atom. The van der Waals surface area contributed by atoms with Crippen molar-refractivity contribution in [2.75, 3.05) is 6.54 Å². The number of hydrogen-bond acceptors (Lipinski definition) is 3. The van der Waals surface area contributed by atoms with Crippen LogP contribution in [0.3, 0.4) is 0 Å². The molecule has 0 aliphatic carbocycles. The Bertz CT molecular complexity index is 536. The van der Waals surface area contributed by atoms with E-state index in [0.717, 1.165) is 28.4 Å². The molecular weight excluding hydrogens is 248 g/mol. The minimum Gasteiger partial charge on any atom is -0.310 e. The van der Waals surface area contributed by atoms with Gasteiger partial charge in [-0.25, -0.2) is 4.68 Å². The molecule has 1 aromatic heterocycles. The summed E-state index contributed by atoms with van der Waals surface area (Å²) in [5.74, 6) is 0. The van der Waals surface area contributed by atoms with Crippen LogP contribution in [0.1, 0.15) is 25.5 Å². The molecule has 1 heterocycles. The van der Waals surface area contributed by atoms with Crippen LogP contribution >= 0.6 is 11.6 Å². The second-order valence-electron chi connectivity index (χ2n) is 4.26. The van der Waals surface area contributed by atoms with Crippen LogP contribution in [0, 0.1) is 0 Å². The molecule has 0 bridgehead atoms. The second-order valence-corrected chi connectivity index (χ2v) is 4.67. The van der Waals surface area contributed by atoms with E-state index in [1.807, 2.05) is 19.2 Å². The van der Waals surface area contributed by atoms with Crippen molar-refractivity contribution in [3.63, 3.8) is 0 Å². The lowest BCUT2D eigenvalue weighted by atomic mass is 10.0. The number of halogens is 1. The first-order chi connectivity index (χ1) is 8.63. The highest BCUT2D eigenvalue weighted by atomic mass is 35.5. The summed E-state index contributed by atoms with van der Waals surface area (Å²) >= 11 is 6.34. The zero-order valence-electron chi connectivity index (χ0n) is 10.8. The fourth-order valence-electron chi connectivity index (χ4n) is 2.00. The van der Waals surface area contributed by atoms with Crippen molar-refractivity contribution >= 4 is 11.6 Å². The van der Waals surface area contributed by atoms with E-state index in [0.29, 0.717) is 0 Å². The lowest BCUT2D eigenvalue weighted by molar-refractivity contribution is 0.598. The summed E-state index contributed by atoms with van der Waals surface area (Å²) < 4.78 is 1.74. The van der Waals surface area contributed by atoms with Gasteiger partial charge in [-0.3, -0.25) is 0 Å². The van der Waals surface area contributed by atoms with Crippen LogP contribution in [0.2, 0.25) is 5.02 Å². The monoisotopic (exact) mass is 264 g/mol. The lowest BCUT2D eigenvalue weighted by Crippen LogP contribution is -2.17. The number of aryl methyl sites for hydroxylation is 1. The summed E-state index contributed by atoms with van der Waals surface area (Å²) in [6.45, 7) is 5.11. The molecule has 2 rings (SSSR count). The quantitative estimate of drug-likeness (QED) is 0.923. The van der Waals surface area contributed by atoms with Gasteiger partial charge >= 0.3 is 0 Å². The number of aromatic nitrogens is 3. The van der Waals surface area contributed by atoms with Crippen molar-refractivity contribution in [2.24, 2.45) is 7.05 Å². The molecule has 0 aliphatic heterocycles. The number of rotatable bonds is 4. The summed E-state index contributed by atoms with van der Waals surface area (Å²) in [4.78, 5) is 0. The maximum absolute atomic E-state index is 6.34. The lowest BCUT2D eigenvalue weighted by Gasteiger charge is -2.15. The van der Waals surface area contributed by atoms with E-state index >= 15 is 0 Å². The topological polar surface area (TPSA) is 42.7 Å². The molecule has 2 aromatic rings. The fraction of sp³-hybridized carbons (Fsp3) is 0.385. The van der Waals surface area contributed by atoms with Crippen molar-refractivity contribution < 1.29 is 0 Å². The van der Waals surface area contributed by atoms with Crippen molar-refractivity contribution in [1.82, 2.24) is 20.3 Å². The molecule has 4 nitrogen and oxygen atoms in total. The first-order valence-corrected chi connectivity index (χ1v) is 6.39. The van der Waals surface area contributed by atoms with E-state index in [-0.39, 0.29) is 6.04 Å². The maximum Gasteiger partial charge on any atom is 0.0882 e. The molecule has 1 aromatic carbocycles. The minimum absolute atomic E-state index is 0.251. The summed E-state index contributed by atoms with van der Waals surface area (Å²) in [6, 6.07) is 6.32. The Balaban J connectivity index is 2.33. The molecule has 0 aliphatic rings. The van der Waals surface area contributed by atoms with E-state index in [1.54, 1.807) is 10.9 Å². The van der Waals surface area contributed by atoms with Gasteiger partial charge in [-0.1, -0.05) is 35.9 Å². The second kappa shape index (κ2) is 5.50. The zero-order valence-corrected chi connectivity index (χ0v) is 11.6. The zero-order chi connectivity index (χ0) is 13.1. The van der Waals surface area contributed by atoms with E-state index in [1.165, 1.54) is 0 Å². The molecule has 1 N–H and O–H groups in total. The summed E-state index contributed by atoms with van der Waals surface area (Å²) in [7, 11) is 1.87. The Morgan fingerprint density at radius 1 is 1.44 bits per heavy atom. The molecule has 96 valence electrons. The molecule has 0 spiro atoms. The third-order valence-electron chi connectivity index (χ3n) is 2.99. The normalized spacial score (nSPS) is 12.7. The van der Waals surface area contributed by atoms with E-state index < -0.39 is 0 Å². The van der Waals surface area contributed by atoms with Gasteiger partial charge in [0.25, 0.3) is 0 Å². The Labute approximate surface area is 112 Å². The van der Waals surface area contributed by atoms with Gasteiger partial charge in [0.2, 0.25) is 0 Å². The highest BCUT2D eigenvalue weighted by molar-refractivity contribution is 6.31. The molecule has 0 saturated heterocycles. The summed E-state index contributed by atoms with van der Waals surface area (Å²) in [5, 5.41) is 11.9. The van der Waals surface area contributed by atoms with Gasteiger partial charge in [0.1, 0.15) is 0 Å². The number of benzene rings is 1. The van der Waals surface area contributed by atoms with Gasteiger partial charge < -0.3 is 5.32 Å². The SMILES string of the molecule is CCNC(C)c1ccc(-c2cnnn2C)cc1Cl. The Hall–Kier alpha value is -1.39. The minimum atomic E-state index is 0.251. The molecular formula is C13H17ClN4. The van der Waals surface area contributed by atoms with Crippen molar-refractivity contribution in [3.05, 3.63) is 35.0 Å². The first-order valence-electron chi connectivity index (χ1n) is 6.01. The number of nitrogens with zero attached hydrogens (tertiary/aromatic N) is 3. The largest absolute Gasteiger partial charge is 0.310 e. The van der Waals surface area contributed by atoms with E-state index in [9.17, 15) is 0 Å². The van der Waals surface area contributed by atoms with Crippen LogP contribution < -0.4 is 5.32 Å². The van der Waals surface area contributed by atoms with Crippen LogP contribution in [0.25, 0.3) is 11.3 Å². The third kappa shape index (κ3) is 2.54. The van der Waals surface area contributed by atoms with Crippen LogP contribution in [0.15, 0.2) is 24.4 Å². The standard InChI is InChI=1S/C13H17ClN4/c1-4-15-9(2)11-6-5-10(7-12(11)14)13-8-16-17-18(13)3/h5-9,15H,4H2,1-3H3. The van der Waals surface area contributed by atoms with Gasteiger partial charge in [0.15, 0.2) is 0 Å². The van der Waals surface area contributed by atoms with Crippen molar-refractivity contribution in [1.29, 1.82) is 0 Å². The smallest absolute Gasteiger partial charge is 0.0882 e. The van der Waals surface area contributed by atoms with Gasteiger partial charge in [0.05, 0.1) is 11.9 Å². The van der Waals surface area contributed by atoms with E-state index in [4.69, 9.17) is 11.6 Å². The Morgan fingerprint density at radius 2 is 2.22 bits per heavy atom. The molecule has 1 atom stereocenters. The Kier molecular flexibility index (Phi) is 3.99. The van der Waals surface area contributed by atoms with Gasteiger partial charge in [0, 0.05) is 23.7 Å². The predicted octanol–water partition coefficient (Wildman–Crippen LogP) is 2.81. The van der Waals surface area contributed by atoms with E-state index in [2.05, 4.69) is 35.5 Å². The predicted molar refractivity (Wildman–Crippen MR) is 73.5 cm³/mol. The summed E-state index contributed by atoms with van der Waals surface area (Å²) in [6.07, 6.45) is 1.74. The van der Waals surface area contributed by atoms with Crippen LogP contribution in [0.5, 0.6) is 0 Å². The number of nitrogens with one attached hydrogen (secondary N) is 1. The number of hydrogen-bond donors (Lipinski definition) is 1. The van der Waals surface area contributed by atoms with Gasteiger partial charge in [-0.2, -0.15) is 0 Å². The molecule has 0 saturated carbocycles. The maximum atomic E-state index is 6.34. The van der Waals surface area contributed by atoms with Crippen LogP contribution in [0.4, 0.5) is 0 Å². The molecule has 18 heavy (non-hydrogen) atoms.